The summed E-state index contributed by atoms with van der Waals surface area (Å²) in [5, 5.41) is 2.31. The van der Waals surface area contributed by atoms with Crippen molar-refractivity contribution in [2.45, 2.75) is 0 Å². The van der Waals surface area contributed by atoms with Crippen LogP contribution in [0.4, 0.5) is 0 Å². The van der Waals surface area contributed by atoms with Crippen LogP contribution in [0, 0.1) is 0 Å². The molecule has 8 heavy (non-hydrogen) atoms. The van der Waals surface area contributed by atoms with Crippen LogP contribution < -0.4 is 11.7 Å². The predicted molar refractivity (Wildman–Crippen MR) is 28.1 cm³/mol. The summed E-state index contributed by atoms with van der Waals surface area (Å²) in [6.45, 7) is 0.707. The van der Waals surface area contributed by atoms with Gasteiger partial charge in [-0.15, -0.1) is 5.84 Å². The van der Waals surface area contributed by atoms with Crippen LogP contribution in [-0.4, -0.2) is 29.7 Å². The first-order valence-electron chi connectivity index (χ1n) is 2.23. The Balaban J connectivity index is 2.42. The number of hydrogen-bond acceptors (Lipinski definition) is 3. The van der Waals surface area contributed by atoms with E-state index in [2.05, 4.69) is 4.99 Å². The normalized spacial score (nSPS) is 22.0. The van der Waals surface area contributed by atoms with Crippen LogP contribution in [0.25, 0.3) is 0 Å². The van der Waals surface area contributed by atoms with E-state index in [9.17, 15) is 0 Å². The minimum atomic E-state index is 0.323. The molecule has 0 aliphatic carbocycles. The Bertz CT molecular complexity index is 99.8. The Labute approximate surface area is 47.5 Å². The second kappa shape index (κ2) is 2.08. The number of nitrogens with one attached hydrogen (secondary N) is 2. The van der Waals surface area contributed by atoms with E-state index >= 15 is 0 Å². The van der Waals surface area contributed by atoms with Gasteiger partial charge in [-0.25, -0.2) is 0 Å². The molecule has 0 saturated heterocycles. The lowest BCUT2D eigenvalue weighted by Crippen LogP contribution is -2.39. The minimum absolute atomic E-state index is 0.323. The molecule has 0 atom stereocenters. The molecule has 5 nitrogen and oxygen atoms in total. The number of aliphatic imine (C=N–C) groups is 1. The first-order valence-corrected chi connectivity index (χ1v) is 2.23. The third-order valence-electron chi connectivity index (χ3n) is 0.796. The fraction of sp³-hybridized carbons (Fsp3) is 0.667. The lowest BCUT2D eigenvalue weighted by Gasteiger charge is -2.21. The average Bonchev–Trinajstić information content (AvgIpc) is 1.64. The molecule has 2 radical (unpaired) electrons. The summed E-state index contributed by atoms with van der Waals surface area (Å²) in [5.41, 5.74) is 0. The van der Waals surface area contributed by atoms with Gasteiger partial charge in [-0.05, 0) is 0 Å². The van der Waals surface area contributed by atoms with Crippen LogP contribution in [0.1, 0.15) is 0 Å². The summed E-state index contributed by atoms with van der Waals surface area (Å²) in [6, 6.07) is 0. The molecule has 5 heteroatoms. The largest absolute Gasteiger partial charge is 0.268 e. The molecule has 2 N–H and O–H groups in total. The average molecular weight is 113 g/mol. The molecule has 0 saturated carbocycles. The van der Waals surface area contributed by atoms with Gasteiger partial charge in [0.2, 0.25) is 0 Å². The van der Waals surface area contributed by atoms with Crippen molar-refractivity contribution in [3.63, 3.8) is 0 Å². The SMILES string of the molecule is [NH]N1C=NCN([NH])C1. The predicted octanol–water partition coefficient (Wildman–Crippen LogP) is -1.06. The number of nitrogens with zero attached hydrogens (tertiary/aromatic N) is 3. The first-order chi connectivity index (χ1) is 3.79. The summed E-state index contributed by atoms with van der Waals surface area (Å²) in [5.74, 6) is 13.9. The minimum Gasteiger partial charge on any atom is -0.268 e. The zero-order valence-electron chi connectivity index (χ0n) is 4.33. The zero-order valence-corrected chi connectivity index (χ0v) is 4.33. The topological polar surface area (TPSA) is 66.4 Å². The van der Waals surface area contributed by atoms with Gasteiger partial charge in [-0.3, -0.25) is 10.0 Å². The molecule has 0 aromatic heterocycles. The number of hydrogen-bond donors (Lipinski definition) is 0. The second-order valence-electron chi connectivity index (χ2n) is 1.59. The van der Waals surface area contributed by atoms with Gasteiger partial charge in [0.15, 0.2) is 0 Å². The van der Waals surface area contributed by atoms with E-state index in [1.54, 1.807) is 0 Å². The maximum atomic E-state index is 6.96. The molecule has 1 rings (SSSR count). The van der Waals surface area contributed by atoms with Crippen LogP contribution in [0.2, 0.25) is 0 Å². The summed E-state index contributed by atoms with van der Waals surface area (Å²) >= 11 is 0. The van der Waals surface area contributed by atoms with Gasteiger partial charge >= 0.3 is 0 Å². The van der Waals surface area contributed by atoms with Crippen molar-refractivity contribution < 1.29 is 0 Å². The van der Waals surface area contributed by atoms with Gasteiger partial charge < -0.3 is 0 Å². The summed E-state index contributed by atoms with van der Waals surface area (Å²) < 4.78 is 0. The van der Waals surface area contributed by atoms with E-state index in [1.165, 1.54) is 11.3 Å². The highest BCUT2D eigenvalue weighted by molar-refractivity contribution is 5.54. The highest BCUT2D eigenvalue weighted by Gasteiger charge is 2.04. The van der Waals surface area contributed by atoms with Crippen LogP contribution in [0.5, 0.6) is 0 Å². The van der Waals surface area contributed by atoms with Crippen molar-refractivity contribution in [2.24, 2.45) is 4.99 Å². The van der Waals surface area contributed by atoms with E-state index in [0.29, 0.717) is 13.3 Å². The van der Waals surface area contributed by atoms with Crippen LogP contribution in [0.3, 0.4) is 0 Å². The van der Waals surface area contributed by atoms with Crippen molar-refractivity contribution >= 4 is 6.34 Å². The van der Waals surface area contributed by atoms with Crippen molar-refractivity contribution in [1.29, 1.82) is 0 Å². The molecule has 1 aliphatic rings. The smallest absolute Gasteiger partial charge is 0.109 e. The Morgan fingerprint density at radius 2 is 2.25 bits per heavy atom. The monoisotopic (exact) mass is 113 g/mol. The molecule has 0 amide bonds. The van der Waals surface area contributed by atoms with E-state index in [4.69, 9.17) is 11.7 Å². The maximum Gasteiger partial charge on any atom is 0.109 e. The lowest BCUT2D eigenvalue weighted by atomic mass is 10.8. The molecule has 0 aromatic rings. The van der Waals surface area contributed by atoms with Gasteiger partial charge in [0, 0.05) is 0 Å². The number of rotatable bonds is 0. The summed E-state index contributed by atoms with van der Waals surface area (Å²) in [6.07, 6.45) is 1.41. The Morgan fingerprint density at radius 1 is 1.50 bits per heavy atom. The van der Waals surface area contributed by atoms with E-state index in [-0.39, 0.29) is 0 Å². The fourth-order valence-electron chi connectivity index (χ4n) is 0.499. The van der Waals surface area contributed by atoms with Gasteiger partial charge in [-0.2, -0.15) is 10.9 Å². The van der Waals surface area contributed by atoms with E-state index in [1.807, 2.05) is 0 Å². The van der Waals surface area contributed by atoms with Crippen molar-refractivity contribution in [3.8, 4) is 0 Å². The first kappa shape index (κ1) is 5.49. The van der Waals surface area contributed by atoms with Gasteiger partial charge in [0.25, 0.3) is 0 Å². The molecule has 0 unspecified atom stereocenters. The second-order valence-corrected chi connectivity index (χ2v) is 1.59. The lowest BCUT2D eigenvalue weighted by molar-refractivity contribution is 0.165. The molecule has 0 fully saturated rings. The molecule has 1 heterocycles. The van der Waals surface area contributed by atoms with E-state index in [0.717, 1.165) is 5.01 Å². The zero-order chi connectivity index (χ0) is 5.98. The molecule has 44 valence electrons. The molecule has 0 bridgehead atoms. The van der Waals surface area contributed by atoms with Crippen LogP contribution in [0.15, 0.2) is 4.99 Å². The molecule has 1 aliphatic heterocycles. The van der Waals surface area contributed by atoms with Gasteiger partial charge in [0.05, 0.1) is 0 Å². The van der Waals surface area contributed by atoms with Gasteiger partial charge in [-0.1, -0.05) is 0 Å². The third kappa shape index (κ3) is 1.16. The molecule has 0 spiro atoms. The maximum absolute atomic E-state index is 6.96. The molecular formula is C3H7N5. The Kier molecular flexibility index (Phi) is 1.43. The molecular weight excluding hydrogens is 106 g/mol. The summed E-state index contributed by atoms with van der Waals surface area (Å²) in [4.78, 5) is 3.69. The molecule has 0 aromatic carbocycles. The quantitative estimate of drug-likeness (QED) is 0.402. The third-order valence-corrected chi connectivity index (χ3v) is 0.796. The Hall–Kier alpha value is -0.650. The summed E-state index contributed by atoms with van der Waals surface area (Å²) in [7, 11) is 0. The Morgan fingerprint density at radius 3 is 2.62 bits per heavy atom. The van der Waals surface area contributed by atoms with Crippen LogP contribution in [-0.2, 0) is 0 Å². The van der Waals surface area contributed by atoms with Gasteiger partial charge in [0.1, 0.15) is 19.7 Å². The van der Waals surface area contributed by atoms with Crippen molar-refractivity contribution in [1.82, 2.24) is 21.7 Å². The highest BCUT2D eigenvalue weighted by Crippen LogP contribution is 1.88. The van der Waals surface area contributed by atoms with Crippen LogP contribution >= 0.6 is 0 Å². The highest BCUT2D eigenvalue weighted by atomic mass is 15.6. The van der Waals surface area contributed by atoms with Crippen molar-refractivity contribution in [3.05, 3.63) is 0 Å². The van der Waals surface area contributed by atoms with Crippen molar-refractivity contribution in [2.75, 3.05) is 13.3 Å². The fourth-order valence-corrected chi connectivity index (χ4v) is 0.499. The standard InChI is InChI=1S/C3H7N5/c4-7-1-6-2-8(5)3-7/h1,4-5H,2-3H2. The van der Waals surface area contributed by atoms with E-state index < -0.39 is 0 Å².